The Hall–Kier alpha value is -7.44. The highest BCUT2D eigenvalue weighted by atomic mass is 16.5. The Balaban J connectivity index is 1.19. The third-order valence-electron chi connectivity index (χ3n) is 12.3. The minimum atomic E-state index is -0.237. The van der Waals surface area contributed by atoms with Crippen LogP contribution in [0.1, 0.15) is 26.3 Å². The van der Waals surface area contributed by atoms with E-state index in [0.717, 1.165) is 106 Å². The Morgan fingerprint density at radius 2 is 0.967 bits per heavy atom. The van der Waals surface area contributed by atoms with Crippen LogP contribution in [0.2, 0.25) is 0 Å². The van der Waals surface area contributed by atoms with Crippen LogP contribution < -0.4 is 40.4 Å². The lowest BCUT2D eigenvalue weighted by Crippen LogP contribution is -2.58. The number of nitrogens with zero attached hydrogens (tertiary/aromatic N) is 2. The second kappa shape index (κ2) is 13.0. The average Bonchev–Trinajstić information content (AvgIpc) is 3.29. The number of ether oxygens (including phenoxy) is 3. The van der Waals surface area contributed by atoms with Crippen LogP contribution in [0.5, 0.6) is 34.5 Å². The summed E-state index contributed by atoms with van der Waals surface area (Å²) >= 11 is 0. The fourth-order valence-electron chi connectivity index (χ4n) is 9.56. The third-order valence-corrected chi connectivity index (χ3v) is 12.3. The maximum atomic E-state index is 7.33. The Labute approximate surface area is 349 Å². The molecule has 0 spiro atoms. The van der Waals surface area contributed by atoms with Gasteiger partial charge in [0.15, 0.2) is 17.2 Å². The molecule has 0 aliphatic carbocycles. The van der Waals surface area contributed by atoms with E-state index in [9.17, 15) is 0 Å². The molecule has 0 aromatic heterocycles. The zero-order chi connectivity index (χ0) is 40.1. The summed E-state index contributed by atoms with van der Waals surface area (Å²) in [4.78, 5) is 4.67. The molecular weight excluding hydrogens is 735 g/mol. The molecule has 9 aromatic rings. The van der Waals surface area contributed by atoms with E-state index < -0.39 is 0 Å². The van der Waals surface area contributed by atoms with Crippen LogP contribution in [0.4, 0.5) is 34.1 Å². The summed E-state index contributed by atoms with van der Waals surface area (Å²) in [6.45, 7) is 6.48. The summed E-state index contributed by atoms with van der Waals surface area (Å²) in [5.74, 6) is 4.62. The van der Waals surface area contributed by atoms with Gasteiger partial charge in [0.1, 0.15) is 22.9 Å². The van der Waals surface area contributed by atoms with Crippen molar-refractivity contribution in [2.75, 3.05) is 9.80 Å². The molecule has 0 saturated carbocycles. The molecule has 9 aromatic carbocycles. The van der Waals surface area contributed by atoms with E-state index in [0.29, 0.717) is 5.75 Å². The number of anilines is 6. The molecule has 5 nitrogen and oxygen atoms in total. The molecule has 0 saturated heterocycles. The highest BCUT2D eigenvalue weighted by Crippen LogP contribution is 2.58. The Kier molecular flexibility index (Phi) is 7.52. The monoisotopic (exact) mass is 774 g/mol. The fourth-order valence-corrected chi connectivity index (χ4v) is 9.56. The Morgan fingerprint density at radius 3 is 1.63 bits per heavy atom. The van der Waals surface area contributed by atoms with E-state index in [1.165, 1.54) is 0 Å². The molecule has 0 radical (unpaired) electrons. The van der Waals surface area contributed by atoms with E-state index >= 15 is 0 Å². The Bertz CT molecular complexity index is 3140. The van der Waals surface area contributed by atoms with Gasteiger partial charge in [0.05, 0.1) is 11.4 Å². The molecule has 0 N–H and O–H groups in total. The van der Waals surface area contributed by atoms with Crippen molar-refractivity contribution in [3.05, 3.63) is 188 Å². The van der Waals surface area contributed by atoms with Gasteiger partial charge < -0.3 is 24.0 Å². The lowest BCUT2D eigenvalue weighted by atomic mass is 9.33. The summed E-state index contributed by atoms with van der Waals surface area (Å²) < 4.78 is 21.7. The molecule has 0 bridgehead atoms. The zero-order valence-corrected chi connectivity index (χ0v) is 33.5. The highest BCUT2D eigenvalue weighted by Gasteiger charge is 2.46. The van der Waals surface area contributed by atoms with Crippen LogP contribution >= 0.6 is 0 Å². The first kappa shape index (κ1) is 34.6. The Morgan fingerprint density at radius 1 is 0.450 bits per heavy atom. The second-order valence-corrected chi connectivity index (χ2v) is 16.8. The van der Waals surface area contributed by atoms with Gasteiger partial charge in [-0.05, 0) is 93.3 Å². The topological polar surface area (TPSA) is 34.2 Å². The first-order valence-electron chi connectivity index (χ1n) is 20.6. The molecule has 0 unspecified atom stereocenters. The number of benzene rings is 9. The molecule has 0 fully saturated rings. The van der Waals surface area contributed by atoms with Crippen molar-refractivity contribution in [1.29, 1.82) is 0 Å². The number of fused-ring (bicyclic) bond motifs is 12. The SMILES string of the molecule is CC(C)(C)c1cc2c3c(c1)Oc1c4c(c5ccccc5c1B3c1c(cc(N(c3ccccc3)c3ccccc3)c3ccccc13)O2)N(c1ccccc1)c1ccccc1O4. The van der Waals surface area contributed by atoms with Crippen molar-refractivity contribution in [2.24, 2.45) is 0 Å². The lowest BCUT2D eigenvalue weighted by molar-refractivity contribution is 0.415. The van der Waals surface area contributed by atoms with Gasteiger partial charge in [-0.3, -0.25) is 0 Å². The van der Waals surface area contributed by atoms with Crippen molar-refractivity contribution < 1.29 is 14.2 Å². The lowest BCUT2D eigenvalue weighted by Gasteiger charge is -2.40. The van der Waals surface area contributed by atoms with E-state index in [1.807, 2.05) is 12.1 Å². The van der Waals surface area contributed by atoms with Crippen molar-refractivity contribution in [3.63, 3.8) is 0 Å². The van der Waals surface area contributed by atoms with Gasteiger partial charge in [-0.1, -0.05) is 136 Å². The van der Waals surface area contributed by atoms with Crippen molar-refractivity contribution >= 4 is 78.8 Å². The van der Waals surface area contributed by atoms with Gasteiger partial charge in [-0.2, -0.15) is 0 Å². The predicted octanol–water partition coefficient (Wildman–Crippen LogP) is 13.1. The number of para-hydroxylation sites is 5. The first-order chi connectivity index (χ1) is 29.4. The van der Waals surface area contributed by atoms with Crippen molar-refractivity contribution in [1.82, 2.24) is 0 Å². The average molecular weight is 775 g/mol. The molecule has 0 atom stereocenters. The molecule has 3 heterocycles. The first-order valence-corrected chi connectivity index (χ1v) is 20.6. The quantitative estimate of drug-likeness (QED) is 0.166. The van der Waals surface area contributed by atoms with Crippen LogP contribution in [0.3, 0.4) is 0 Å². The van der Waals surface area contributed by atoms with Gasteiger partial charge >= 0.3 is 0 Å². The second-order valence-electron chi connectivity index (χ2n) is 16.8. The van der Waals surface area contributed by atoms with E-state index in [-0.39, 0.29) is 12.1 Å². The normalized spacial score (nSPS) is 13.2. The largest absolute Gasteiger partial charge is 0.458 e. The molecule has 6 heteroatoms. The third kappa shape index (κ3) is 5.13. The zero-order valence-electron chi connectivity index (χ0n) is 33.5. The van der Waals surface area contributed by atoms with Crippen LogP contribution in [0, 0.1) is 0 Å². The fraction of sp³-hybridized carbons (Fsp3) is 0.0741. The van der Waals surface area contributed by atoms with Gasteiger partial charge in [0.2, 0.25) is 0 Å². The predicted molar refractivity (Wildman–Crippen MR) is 247 cm³/mol. The smallest absolute Gasteiger partial charge is 0.262 e. The summed E-state index contributed by atoms with van der Waals surface area (Å²) in [5, 5.41) is 4.43. The molecule has 286 valence electrons. The molecule has 0 amide bonds. The molecular formula is C54H39BN2O3. The van der Waals surface area contributed by atoms with E-state index in [4.69, 9.17) is 14.2 Å². The van der Waals surface area contributed by atoms with Crippen LogP contribution in [0.25, 0.3) is 21.5 Å². The van der Waals surface area contributed by atoms with Gasteiger partial charge in [0, 0.05) is 39.4 Å². The van der Waals surface area contributed by atoms with Gasteiger partial charge in [-0.25, -0.2) is 0 Å². The standard InChI is InChI=1S/C54H39BN2O3/c1-54(2,3)34-31-45-50-46(32-34)60-52-49(40-27-15-16-28-41(40)51-53(52)59-44-30-18-17-29-42(44)57(51)37-23-11-6-12-24-37)55(50)48-39-26-14-13-25-38(39)43(33-47(48)58-45)56(35-19-7-4-8-20-35)36-21-9-5-10-22-36/h4-33H,1-3H3. The molecule has 60 heavy (non-hydrogen) atoms. The van der Waals surface area contributed by atoms with Crippen molar-refractivity contribution in [3.8, 4) is 34.5 Å². The van der Waals surface area contributed by atoms with E-state index in [1.54, 1.807) is 0 Å². The van der Waals surface area contributed by atoms with Crippen LogP contribution in [-0.2, 0) is 5.41 Å². The number of hydrogen-bond donors (Lipinski definition) is 0. The van der Waals surface area contributed by atoms with Crippen molar-refractivity contribution in [2.45, 2.75) is 26.2 Å². The van der Waals surface area contributed by atoms with Gasteiger partial charge in [0.25, 0.3) is 6.71 Å². The minimum Gasteiger partial charge on any atom is -0.458 e. The maximum Gasteiger partial charge on any atom is 0.262 e. The maximum absolute atomic E-state index is 7.33. The van der Waals surface area contributed by atoms with Crippen LogP contribution in [0.15, 0.2) is 182 Å². The number of rotatable bonds is 4. The summed E-state index contributed by atoms with van der Waals surface area (Å²) in [6, 6.07) is 64.2. The van der Waals surface area contributed by atoms with E-state index in [2.05, 4.69) is 200 Å². The summed E-state index contributed by atoms with van der Waals surface area (Å²) in [5.41, 5.74) is 10.3. The summed E-state index contributed by atoms with van der Waals surface area (Å²) in [6.07, 6.45) is 0. The highest BCUT2D eigenvalue weighted by molar-refractivity contribution is 7.01. The summed E-state index contributed by atoms with van der Waals surface area (Å²) in [7, 11) is 0. The molecule has 3 aliphatic heterocycles. The van der Waals surface area contributed by atoms with Crippen LogP contribution in [-0.4, -0.2) is 6.71 Å². The number of hydrogen-bond acceptors (Lipinski definition) is 5. The minimum absolute atomic E-state index is 0.178. The van der Waals surface area contributed by atoms with Gasteiger partial charge in [-0.15, -0.1) is 0 Å². The molecule has 12 rings (SSSR count). The molecule has 3 aliphatic rings.